The number of hydrogen-bond acceptors (Lipinski definition) is 7. The van der Waals surface area contributed by atoms with Crippen molar-refractivity contribution in [1.82, 2.24) is 23.7 Å². The number of hydrogen-bond donors (Lipinski definition) is 2. The molecular weight excluding hydrogens is 438 g/mol. The molecule has 2 heterocycles. The Hall–Kier alpha value is -2.11. The number of nitrogens with one attached hydrogen (secondary N) is 2. The van der Waals surface area contributed by atoms with Crippen molar-refractivity contribution in [1.29, 1.82) is 0 Å². The molecule has 0 unspecified atom stereocenters. The van der Waals surface area contributed by atoms with Crippen LogP contribution in [0.15, 0.2) is 23.1 Å². The van der Waals surface area contributed by atoms with Gasteiger partial charge in [0.15, 0.2) is 0 Å². The van der Waals surface area contributed by atoms with Crippen molar-refractivity contribution in [2.24, 2.45) is 11.8 Å². The van der Waals surface area contributed by atoms with Crippen LogP contribution in [0, 0.1) is 11.8 Å². The van der Waals surface area contributed by atoms with Gasteiger partial charge >= 0.3 is 0 Å². The van der Waals surface area contributed by atoms with Crippen LogP contribution >= 0.6 is 11.7 Å². The van der Waals surface area contributed by atoms with Crippen LogP contribution in [0.25, 0.3) is 11.0 Å². The summed E-state index contributed by atoms with van der Waals surface area (Å²) >= 11 is 0.980. The molecule has 170 valence electrons. The number of benzene rings is 1. The van der Waals surface area contributed by atoms with E-state index in [1.54, 1.807) is 19.1 Å². The van der Waals surface area contributed by atoms with Crippen LogP contribution in [0.5, 0.6) is 0 Å². The van der Waals surface area contributed by atoms with Gasteiger partial charge in [-0.05, 0) is 44.2 Å². The van der Waals surface area contributed by atoms with Crippen LogP contribution in [0.1, 0.15) is 40.0 Å². The molecule has 0 spiro atoms. The summed E-state index contributed by atoms with van der Waals surface area (Å²) in [6.45, 7) is 6.88. The fraction of sp³-hybridized carbons (Fsp3) is 0.600. The van der Waals surface area contributed by atoms with Gasteiger partial charge in [0.05, 0.1) is 11.7 Å². The number of carbonyl (C=O) groups is 2. The second-order valence-electron chi connectivity index (χ2n) is 8.27. The first-order valence-corrected chi connectivity index (χ1v) is 12.7. The van der Waals surface area contributed by atoms with E-state index in [-0.39, 0.29) is 35.7 Å². The van der Waals surface area contributed by atoms with Crippen molar-refractivity contribution in [2.75, 3.05) is 19.6 Å². The molecule has 0 radical (unpaired) electrons. The first-order valence-electron chi connectivity index (χ1n) is 10.5. The predicted octanol–water partition coefficient (Wildman–Crippen LogP) is 1.76. The Bertz CT molecular complexity index is 1030. The van der Waals surface area contributed by atoms with Crippen LogP contribution in [0.4, 0.5) is 0 Å². The van der Waals surface area contributed by atoms with Crippen molar-refractivity contribution in [3.63, 3.8) is 0 Å². The lowest BCUT2D eigenvalue weighted by Gasteiger charge is -2.31. The van der Waals surface area contributed by atoms with Gasteiger partial charge in [0.2, 0.25) is 21.8 Å². The molecule has 1 aliphatic heterocycles. The van der Waals surface area contributed by atoms with E-state index in [1.165, 1.54) is 10.4 Å². The fourth-order valence-electron chi connectivity index (χ4n) is 3.52. The first-order chi connectivity index (χ1) is 14.7. The van der Waals surface area contributed by atoms with Gasteiger partial charge in [-0.25, -0.2) is 8.42 Å². The molecule has 1 saturated heterocycles. The van der Waals surface area contributed by atoms with Crippen LogP contribution in [-0.4, -0.2) is 59.0 Å². The van der Waals surface area contributed by atoms with E-state index in [1.807, 2.05) is 0 Å². The van der Waals surface area contributed by atoms with Crippen LogP contribution in [0.3, 0.4) is 0 Å². The maximum Gasteiger partial charge on any atom is 0.245 e. The molecule has 2 amide bonds. The lowest BCUT2D eigenvalue weighted by atomic mass is 9.97. The number of sulfonamides is 1. The Morgan fingerprint density at radius 3 is 2.58 bits per heavy atom. The molecule has 9 nitrogen and oxygen atoms in total. The molecule has 1 aromatic carbocycles. The Morgan fingerprint density at radius 1 is 1.19 bits per heavy atom. The first kappa shape index (κ1) is 23.6. The zero-order valence-electron chi connectivity index (χ0n) is 18.0. The summed E-state index contributed by atoms with van der Waals surface area (Å²) in [6, 6.07) is 4.30. The highest BCUT2D eigenvalue weighted by Gasteiger charge is 2.34. The summed E-state index contributed by atoms with van der Waals surface area (Å²) in [6.07, 6.45) is 1.68. The molecular formula is C20H29N5O4S2. The smallest absolute Gasteiger partial charge is 0.245 e. The largest absolute Gasteiger partial charge is 0.354 e. The summed E-state index contributed by atoms with van der Waals surface area (Å²) in [5.41, 5.74) is 0.936. The van der Waals surface area contributed by atoms with Crippen molar-refractivity contribution in [3.05, 3.63) is 18.2 Å². The fourth-order valence-corrected chi connectivity index (χ4v) is 5.74. The van der Waals surface area contributed by atoms with E-state index in [2.05, 4.69) is 33.2 Å². The van der Waals surface area contributed by atoms with E-state index >= 15 is 0 Å². The van der Waals surface area contributed by atoms with Gasteiger partial charge in [-0.2, -0.15) is 13.1 Å². The summed E-state index contributed by atoms with van der Waals surface area (Å²) < 4.78 is 35.8. The summed E-state index contributed by atoms with van der Waals surface area (Å²) in [4.78, 5) is 24.9. The zero-order valence-corrected chi connectivity index (χ0v) is 19.6. The van der Waals surface area contributed by atoms with Crippen molar-refractivity contribution < 1.29 is 18.0 Å². The highest BCUT2D eigenvalue weighted by molar-refractivity contribution is 7.89. The van der Waals surface area contributed by atoms with Crippen LogP contribution in [0.2, 0.25) is 0 Å². The predicted molar refractivity (Wildman–Crippen MR) is 119 cm³/mol. The Labute approximate surface area is 187 Å². The summed E-state index contributed by atoms with van der Waals surface area (Å²) in [5.74, 6) is -0.257. The molecule has 1 aliphatic rings. The number of nitrogens with zero attached hydrogens (tertiary/aromatic N) is 3. The lowest BCUT2D eigenvalue weighted by molar-refractivity contribution is -0.131. The van der Waals surface area contributed by atoms with E-state index in [9.17, 15) is 18.0 Å². The average molecular weight is 468 g/mol. The van der Waals surface area contributed by atoms with E-state index < -0.39 is 16.1 Å². The topological polar surface area (TPSA) is 121 Å². The molecule has 11 heteroatoms. The normalized spacial score (nSPS) is 17.0. The molecule has 0 bridgehead atoms. The highest BCUT2D eigenvalue weighted by atomic mass is 32.2. The Kier molecular flexibility index (Phi) is 7.60. The minimum absolute atomic E-state index is 0.147. The SMILES string of the molecule is CC(C)CCNC(=O)[C@H](C)NC(=O)C1CCN(S(=O)(=O)c2cccc3nsnc23)CC1. The number of rotatable bonds is 8. The third-order valence-corrected chi connectivity index (χ3v) is 7.94. The van der Waals surface area contributed by atoms with E-state index in [0.29, 0.717) is 36.3 Å². The Balaban J connectivity index is 1.55. The number of piperidine rings is 1. The second kappa shape index (κ2) is 10.0. The Morgan fingerprint density at radius 2 is 1.90 bits per heavy atom. The van der Waals surface area contributed by atoms with Gasteiger partial charge in [0.1, 0.15) is 22.0 Å². The molecule has 2 N–H and O–H groups in total. The van der Waals surface area contributed by atoms with Crippen LogP contribution < -0.4 is 10.6 Å². The average Bonchev–Trinajstić information content (AvgIpc) is 3.22. The highest BCUT2D eigenvalue weighted by Crippen LogP contribution is 2.28. The quantitative estimate of drug-likeness (QED) is 0.610. The third-order valence-electron chi connectivity index (χ3n) is 5.46. The molecule has 0 aliphatic carbocycles. The van der Waals surface area contributed by atoms with Gasteiger partial charge in [-0.3, -0.25) is 9.59 Å². The van der Waals surface area contributed by atoms with Crippen molar-refractivity contribution in [2.45, 2.75) is 51.0 Å². The zero-order chi connectivity index (χ0) is 22.6. The lowest BCUT2D eigenvalue weighted by Crippen LogP contribution is -2.49. The maximum atomic E-state index is 13.1. The minimum atomic E-state index is -3.72. The van der Waals surface area contributed by atoms with E-state index in [0.717, 1.165) is 18.1 Å². The maximum absolute atomic E-state index is 13.1. The third kappa shape index (κ3) is 5.58. The molecule has 1 fully saturated rings. The second-order valence-corrected chi connectivity index (χ2v) is 10.7. The summed E-state index contributed by atoms with van der Waals surface area (Å²) in [7, 11) is -3.72. The van der Waals surface area contributed by atoms with Crippen molar-refractivity contribution >= 4 is 44.6 Å². The number of fused-ring (bicyclic) bond motifs is 1. The molecule has 31 heavy (non-hydrogen) atoms. The van der Waals surface area contributed by atoms with Gasteiger partial charge < -0.3 is 10.6 Å². The number of carbonyl (C=O) groups excluding carboxylic acids is 2. The summed E-state index contributed by atoms with van der Waals surface area (Å²) in [5, 5.41) is 5.59. The van der Waals surface area contributed by atoms with Gasteiger partial charge in [0.25, 0.3) is 0 Å². The monoisotopic (exact) mass is 467 g/mol. The van der Waals surface area contributed by atoms with Gasteiger partial charge in [-0.1, -0.05) is 19.9 Å². The standard InChI is InChI=1S/C20H29N5O4S2/c1-13(2)7-10-21-19(26)14(3)22-20(27)15-8-11-25(12-9-15)31(28,29)17-6-4-5-16-18(17)24-30-23-16/h4-6,13-15H,7-12H2,1-3H3,(H,21,26)(H,22,27)/t14-/m0/s1. The van der Waals surface area contributed by atoms with Crippen molar-refractivity contribution in [3.8, 4) is 0 Å². The van der Waals surface area contributed by atoms with Crippen LogP contribution in [-0.2, 0) is 19.6 Å². The van der Waals surface area contributed by atoms with Gasteiger partial charge in [-0.15, -0.1) is 0 Å². The molecule has 2 aromatic rings. The molecule has 1 atom stereocenters. The molecule has 1 aromatic heterocycles. The number of aromatic nitrogens is 2. The number of amides is 2. The molecule has 0 saturated carbocycles. The molecule has 3 rings (SSSR count). The minimum Gasteiger partial charge on any atom is -0.354 e. The van der Waals surface area contributed by atoms with Gasteiger partial charge in [0, 0.05) is 25.6 Å². The van der Waals surface area contributed by atoms with E-state index in [4.69, 9.17) is 0 Å².